The number of aliphatic carboxylic acids is 1. The van der Waals surface area contributed by atoms with Crippen LogP contribution in [0.2, 0.25) is 0 Å². The van der Waals surface area contributed by atoms with E-state index in [0.717, 1.165) is 16.8 Å². The Bertz CT molecular complexity index is 1260. The number of urea groups is 1. The molecule has 36 heavy (non-hydrogen) atoms. The number of hydrogen-bond donors (Lipinski definition) is 3. The maximum Gasteiger partial charge on any atom is 0.413 e. The highest BCUT2D eigenvalue weighted by atomic mass is 19.2. The Morgan fingerprint density at radius 1 is 1.11 bits per heavy atom. The molecule has 2 atom stereocenters. The third-order valence-corrected chi connectivity index (χ3v) is 5.63. The minimum absolute atomic E-state index is 0.0176. The van der Waals surface area contributed by atoms with Crippen molar-refractivity contribution in [2.75, 3.05) is 12.4 Å². The van der Waals surface area contributed by atoms with Crippen molar-refractivity contribution < 1.29 is 33.0 Å². The van der Waals surface area contributed by atoms with Gasteiger partial charge in [-0.25, -0.2) is 23.4 Å². The second kappa shape index (κ2) is 11.9. The maximum atomic E-state index is 13.9. The molecule has 0 aliphatic carbocycles. The number of aromatic nitrogens is 1. The molecular formula is C25H26F2N4O5. The summed E-state index contributed by atoms with van der Waals surface area (Å²) in [7, 11) is 1.40. The molecule has 1 heterocycles. The standard InChI is InChI=1S/C25H26F2N4O5/c1-15(36-25(35)30-21-12-16-6-3-4-7-17(16)13-28-21)20(10-11-22(32)33)31(2)24(34)29-14-18-8-5-9-19(26)23(18)27/h3-9,12-13,15,20H,10-11,14H2,1-2H3,(H,29,34)(H,32,33)(H,28,30,35). The number of nitrogens with one attached hydrogen (secondary N) is 2. The van der Waals surface area contributed by atoms with E-state index in [0.29, 0.717) is 0 Å². The molecule has 2 unspecified atom stereocenters. The molecule has 0 aliphatic rings. The molecule has 3 rings (SSSR count). The molecule has 0 radical (unpaired) electrons. The summed E-state index contributed by atoms with van der Waals surface area (Å²) in [5, 5.41) is 15.9. The van der Waals surface area contributed by atoms with Gasteiger partial charge in [-0.2, -0.15) is 0 Å². The van der Waals surface area contributed by atoms with Crippen LogP contribution in [0.25, 0.3) is 10.8 Å². The number of carbonyl (C=O) groups is 3. The Kier molecular flexibility index (Phi) is 8.71. The first kappa shape index (κ1) is 26.3. The number of fused-ring (bicyclic) bond motifs is 1. The second-order valence-corrected chi connectivity index (χ2v) is 8.13. The molecule has 11 heteroatoms. The Hall–Kier alpha value is -4.28. The Labute approximate surface area is 206 Å². The van der Waals surface area contributed by atoms with Crippen molar-refractivity contribution >= 4 is 34.7 Å². The molecule has 2 aromatic carbocycles. The Balaban J connectivity index is 1.64. The summed E-state index contributed by atoms with van der Waals surface area (Å²) in [6, 6.07) is 11.2. The summed E-state index contributed by atoms with van der Waals surface area (Å²) < 4.78 is 32.7. The fourth-order valence-electron chi connectivity index (χ4n) is 3.68. The minimum atomic E-state index is -1.09. The van der Waals surface area contributed by atoms with Gasteiger partial charge in [-0.3, -0.25) is 10.1 Å². The van der Waals surface area contributed by atoms with Gasteiger partial charge in [0.25, 0.3) is 0 Å². The van der Waals surface area contributed by atoms with E-state index in [4.69, 9.17) is 9.84 Å². The molecule has 0 saturated carbocycles. The van der Waals surface area contributed by atoms with E-state index in [9.17, 15) is 23.2 Å². The van der Waals surface area contributed by atoms with E-state index in [2.05, 4.69) is 15.6 Å². The second-order valence-electron chi connectivity index (χ2n) is 8.13. The molecule has 0 fully saturated rings. The van der Waals surface area contributed by atoms with E-state index in [-0.39, 0.29) is 30.8 Å². The fraction of sp³-hybridized carbons (Fsp3) is 0.280. The molecule has 0 saturated heterocycles. The molecule has 190 valence electrons. The zero-order valence-electron chi connectivity index (χ0n) is 19.7. The van der Waals surface area contributed by atoms with Crippen LogP contribution in [0.1, 0.15) is 25.3 Å². The molecule has 0 aliphatic heterocycles. The van der Waals surface area contributed by atoms with Crippen molar-refractivity contribution in [1.29, 1.82) is 0 Å². The predicted molar refractivity (Wildman–Crippen MR) is 128 cm³/mol. The van der Waals surface area contributed by atoms with E-state index >= 15 is 0 Å². The number of nitrogens with zero attached hydrogens (tertiary/aromatic N) is 2. The number of halogens is 2. The topological polar surface area (TPSA) is 121 Å². The summed E-state index contributed by atoms with van der Waals surface area (Å²) in [6.07, 6.45) is -0.449. The van der Waals surface area contributed by atoms with E-state index in [1.165, 1.54) is 31.0 Å². The number of carboxylic acids is 1. The Morgan fingerprint density at radius 3 is 2.56 bits per heavy atom. The average Bonchev–Trinajstić information content (AvgIpc) is 2.84. The first-order valence-electron chi connectivity index (χ1n) is 11.1. The van der Waals surface area contributed by atoms with Gasteiger partial charge < -0.3 is 20.1 Å². The minimum Gasteiger partial charge on any atom is -0.481 e. The lowest BCUT2D eigenvalue weighted by molar-refractivity contribution is -0.137. The smallest absolute Gasteiger partial charge is 0.413 e. The van der Waals surface area contributed by atoms with Crippen molar-refractivity contribution in [3.63, 3.8) is 0 Å². The summed E-state index contributed by atoms with van der Waals surface area (Å²) >= 11 is 0. The van der Waals surface area contributed by atoms with Crippen molar-refractivity contribution in [3.05, 3.63) is 71.9 Å². The van der Waals surface area contributed by atoms with Crippen molar-refractivity contribution in [3.8, 4) is 0 Å². The number of anilines is 1. The van der Waals surface area contributed by atoms with Gasteiger partial charge in [0.2, 0.25) is 0 Å². The zero-order chi connectivity index (χ0) is 26.2. The summed E-state index contributed by atoms with van der Waals surface area (Å²) in [4.78, 5) is 41.7. The van der Waals surface area contributed by atoms with Crippen LogP contribution in [-0.4, -0.2) is 52.3 Å². The van der Waals surface area contributed by atoms with Crippen LogP contribution in [0.5, 0.6) is 0 Å². The van der Waals surface area contributed by atoms with Gasteiger partial charge >= 0.3 is 18.1 Å². The van der Waals surface area contributed by atoms with Crippen LogP contribution in [-0.2, 0) is 16.1 Å². The lowest BCUT2D eigenvalue weighted by Gasteiger charge is -2.32. The van der Waals surface area contributed by atoms with Crippen LogP contribution in [0.3, 0.4) is 0 Å². The molecule has 0 bridgehead atoms. The number of ether oxygens (including phenoxy) is 1. The number of carboxylic acid groups (broad SMARTS) is 1. The third kappa shape index (κ3) is 6.87. The van der Waals surface area contributed by atoms with Gasteiger partial charge in [-0.05, 0) is 30.9 Å². The van der Waals surface area contributed by atoms with E-state index < -0.39 is 41.9 Å². The number of pyridine rings is 1. The summed E-state index contributed by atoms with van der Waals surface area (Å²) in [5.74, 6) is -2.94. The number of carbonyl (C=O) groups excluding carboxylic acids is 2. The predicted octanol–water partition coefficient (Wildman–Crippen LogP) is 4.53. The maximum absolute atomic E-state index is 13.9. The first-order valence-corrected chi connectivity index (χ1v) is 11.1. The molecule has 0 spiro atoms. The molecule has 9 nitrogen and oxygen atoms in total. The number of likely N-dealkylation sites (N-methyl/N-ethyl adjacent to an activating group) is 1. The van der Waals surface area contributed by atoms with Gasteiger partial charge in [0, 0.05) is 37.2 Å². The summed E-state index contributed by atoms with van der Waals surface area (Å²) in [6.45, 7) is 1.23. The monoisotopic (exact) mass is 500 g/mol. The van der Waals surface area contributed by atoms with Crippen molar-refractivity contribution in [2.24, 2.45) is 0 Å². The first-order chi connectivity index (χ1) is 17.2. The van der Waals surface area contributed by atoms with Gasteiger partial charge in [0.15, 0.2) is 11.6 Å². The quantitative estimate of drug-likeness (QED) is 0.397. The molecule has 3 amide bonds. The molecule has 3 N–H and O–H groups in total. The molecule has 3 aromatic rings. The lowest BCUT2D eigenvalue weighted by Crippen LogP contribution is -2.49. The largest absolute Gasteiger partial charge is 0.481 e. The SMILES string of the molecule is CC(OC(=O)Nc1cc2ccccc2cn1)C(CCC(=O)O)N(C)C(=O)NCc1cccc(F)c1F. The third-order valence-electron chi connectivity index (χ3n) is 5.63. The van der Waals surface area contributed by atoms with E-state index in [1.807, 2.05) is 24.3 Å². The van der Waals surface area contributed by atoms with Gasteiger partial charge in [0.1, 0.15) is 11.9 Å². The van der Waals surface area contributed by atoms with Crippen LogP contribution in [0, 0.1) is 11.6 Å². The van der Waals surface area contributed by atoms with Gasteiger partial charge in [-0.15, -0.1) is 0 Å². The number of amides is 3. The van der Waals surface area contributed by atoms with Crippen LogP contribution in [0.15, 0.2) is 54.7 Å². The highest BCUT2D eigenvalue weighted by Gasteiger charge is 2.29. The van der Waals surface area contributed by atoms with Crippen LogP contribution < -0.4 is 10.6 Å². The van der Waals surface area contributed by atoms with Crippen LogP contribution >= 0.6 is 0 Å². The Morgan fingerprint density at radius 2 is 1.83 bits per heavy atom. The van der Waals surface area contributed by atoms with E-state index in [1.54, 1.807) is 12.3 Å². The fourth-order valence-corrected chi connectivity index (χ4v) is 3.68. The highest BCUT2D eigenvalue weighted by Crippen LogP contribution is 2.18. The number of hydrogen-bond acceptors (Lipinski definition) is 5. The van der Waals surface area contributed by atoms with Crippen molar-refractivity contribution in [1.82, 2.24) is 15.2 Å². The number of benzene rings is 2. The summed E-state index contributed by atoms with van der Waals surface area (Å²) in [5.41, 5.74) is -0.0506. The molecule has 1 aromatic heterocycles. The highest BCUT2D eigenvalue weighted by molar-refractivity contribution is 5.89. The van der Waals surface area contributed by atoms with Gasteiger partial charge in [-0.1, -0.05) is 36.4 Å². The molecular weight excluding hydrogens is 474 g/mol. The van der Waals surface area contributed by atoms with Crippen LogP contribution in [0.4, 0.5) is 24.2 Å². The number of rotatable bonds is 9. The lowest BCUT2D eigenvalue weighted by atomic mass is 10.1. The van der Waals surface area contributed by atoms with Crippen molar-refractivity contribution in [2.45, 2.75) is 38.5 Å². The van der Waals surface area contributed by atoms with Gasteiger partial charge in [0.05, 0.1) is 6.04 Å². The normalized spacial score (nSPS) is 12.4. The average molecular weight is 501 g/mol. The zero-order valence-corrected chi connectivity index (χ0v) is 19.7.